The standard InChI is InChI=1S/C24H19N3O3S2/c28-22-17-13-9-14(18(17)23(29)27(22)12-6-2-1-3-7-12)19-16(13)15(11-5-4-8-25-10-11)20-21(31-19)26-24(30)32-20/h1-8,10,13-19H,9H2,(H,26,30)/t13-,14-,15-,16-,17+,18-,19+/m1/s1. The van der Waals surface area contributed by atoms with Gasteiger partial charge in [-0.25, -0.2) is 0 Å². The third kappa shape index (κ3) is 2.37. The Kier molecular flexibility index (Phi) is 3.91. The number of thioether (sulfide) groups is 1. The minimum Gasteiger partial charge on any atom is -0.307 e. The molecule has 2 aliphatic carbocycles. The van der Waals surface area contributed by atoms with Gasteiger partial charge in [-0.2, -0.15) is 0 Å². The van der Waals surface area contributed by atoms with E-state index in [0.717, 1.165) is 21.9 Å². The molecule has 6 nitrogen and oxygen atoms in total. The number of carbonyl (C=O) groups excluding carboxylic acids is 2. The molecule has 160 valence electrons. The first kappa shape index (κ1) is 18.8. The molecular weight excluding hydrogens is 442 g/mol. The molecule has 0 unspecified atom stereocenters. The van der Waals surface area contributed by atoms with Gasteiger partial charge in [-0.3, -0.25) is 24.3 Å². The van der Waals surface area contributed by atoms with Crippen LogP contribution in [0.15, 0.2) is 64.7 Å². The van der Waals surface area contributed by atoms with Gasteiger partial charge >= 0.3 is 4.87 Å². The third-order valence-corrected chi connectivity index (χ3v) is 10.4. The normalized spacial score (nSPS) is 34.5. The summed E-state index contributed by atoms with van der Waals surface area (Å²) in [5, 5.41) is 1.13. The predicted octanol–water partition coefficient (Wildman–Crippen LogP) is 3.51. The summed E-state index contributed by atoms with van der Waals surface area (Å²) in [5.74, 6) is -0.140. The molecule has 8 heteroatoms. The van der Waals surface area contributed by atoms with Gasteiger partial charge in [0.2, 0.25) is 11.8 Å². The van der Waals surface area contributed by atoms with Crippen molar-refractivity contribution >= 4 is 40.6 Å². The van der Waals surface area contributed by atoms with E-state index in [1.54, 1.807) is 18.0 Å². The minimum atomic E-state index is -0.272. The average molecular weight is 462 g/mol. The first-order valence-corrected chi connectivity index (χ1v) is 12.6. The molecule has 32 heavy (non-hydrogen) atoms. The summed E-state index contributed by atoms with van der Waals surface area (Å²) in [6, 6.07) is 13.3. The highest BCUT2D eigenvalue weighted by atomic mass is 32.2. The lowest BCUT2D eigenvalue weighted by atomic mass is 9.68. The Balaban J connectivity index is 1.34. The van der Waals surface area contributed by atoms with E-state index in [0.29, 0.717) is 5.69 Å². The van der Waals surface area contributed by atoms with Gasteiger partial charge in [0.1, 0.15) is 0 Å². The number of fused-ring (bicyclic) bond motifs is 9. The number of nitrogens with one attached hydrogen (secondary N) is 1. The molecule has 2 amide bonds. The molecule has 1 saturated heterocycles. The van der Waals surface area contributed by atoms with Crippen LogP contribution in [0.5, 0.6) is 0 Å². The van der Waals surface area contributed by atoms with Crippen molar-refractivity contribution in [2.75, 3.05) is 4.90 Å². The van der Waals surface area contributed by atoms with E-state index in [1.165, 1.54) is 16.2 Å². The summed E-state index contributed by atoms with van der Waals surface area (Å²) in [5.41, 5.74) is 1.75. The molecular formula is C24H19N3O3S2. The van der Waals surface area contributed by atoms with E-state index in [-0.39, 0.29) is 57.4 Å². The minimum absolute atomic E-state index is 0.0264. The van der Waals surface area contributed by atoms with Crippen molar-refractivity contribution < 1.29 is 9.59 Å². The number of benzene rings is 1. The number of rotatable bonds is 2. The van der Waals surface area contributed by atoms with Crippen LogP contribution < -0.4 is 9.77 Å². The van der Waals surface area contributed by atoms with E-state index < -0.39 is 0 Å². The molecule has 1 N–H and O–H groups in total. The van der Waals surface area contributed by atoms with Crippen molar-refractivity contribution in [3.8, 4) is 0 Å². The average Bonchev–Trinajstić information content (AvgIpc) is 3.53. The summed E-state index contributed by atoms with van der Waals surface area (Å²) in [4.78, 5) is 49.1. The maximum absolute atomic E-state index is 13.6. The summed E-state index contributed by atoms with van der Waals surface area (Å²) >= 11 is 2.98. The van der Waals surface area contributed by atoms with Crippen molar-refractivity contribution in [3.63, 3.8) is 0 Å². The number of imide groups is 1. The molecule has 4 aliphatic rings. The number of nitrogens with zero attached hydrogens (tertiary/aromatic N) is 2. The van der Waals surface area contributed by atoms with Crippen LogP contribution in [0.4, 0.5) is 5.69 Å². The Morgan fingerprint density at radius 3 is 2.50 bits per heavy atom. The maximum atomic E-state index is 13.6. The number of anilines is 1. The lowest BCUT2D eigenvalue weighted by Crippen LogP contribution is -2.42. The van der Waals surface area contributed by atoms with Gasteiger partial charge in [0, 0.05) is 28.4 Å². The maximum Gasteiger partial charge on any atom is 0.305 e. The molecule has 0 spiro atoms. The fourth-order valence-corrected chi connectivity index (χ4v) is 9.67. The van der Waals surface area contributed by atoms with E-state index >= 15 is 0 Å². The van der Waals surface area contributed by atoms with Gasteiger partial charge < -0.3 is 4.98 Å². The van der Waals surface area contributed by atoms with Gasteiger partial charge in [-0.15, -0.1) is 11.8 Å². The highest BCUT2D eigenvalue weighted by Gasteiger charge is 2.69. The number of para-hydroxylation sites is 1. The van der Waals surface area contributed by atoms with Crippen LogP contribution in [0.3, 0.4) is 0 Å². The fraction of sp³-hybridized carbons (Fsp3) is 0.333. The van der Waals surface area contributed by atoms with Crippen molar-refractivity contribution in [1.29, 1.82) is 0 Å². The Morgan fingerprint density at radius 1 is 0.969 bits per heavy atom. The van der Waals surface area contributed by atoms with Crippen molar-refractivity contribution in [2.24, 2.45) is 29.6 Å². The lowest BCUT2D eigenvalue weighted by molar-refractivity contribution is -0.123. The second-order valence-corrected chi connectivity index (χ2v) is 11.3. The van der Waals surface area contributed by atoms with E-state index in [2.05, 4.69) is 16.0 Å². The Morgan fingerprint density at radius 2 is 1.75 bits per heavy atom. The largest absolute Gasteiger partial charge is 0.307 e. The smallest absolute Gasteiger partial charge is 0.305 e. The molecule has 2 saturated carbocycles. The molecule has 4 heterocycles. The van der Waals surface area contributed by atoms with Gasteiger partial charge in [0.25, 0.3) is 0 Å². The first-order chi connectivity index (χ1) is 15.6. The molecule has 3 fully saturated rings. The molecule has 1 aromatic carbocycles. The highest BCUT2D eigenvalue weighted by molar-refractivity contribution is 8.00. The van der Waals surface area contributed by atoms with E-state index in [1.807, 2.05) is 42.6 Å². The van der Waals surface area contributed by atoms with Crippen LogP contribution in [-0.4, -0.2) is 27.0 Å². The van der Waals surface area contributed by atoms with Gasteiger partial charge in [-0.05, 0) is 47.9 Å². The zero-order chi connectivity index (χ0) is 21.6. The van der Waals surface area contributed by atoms with Crippen LogP contribution in [0.25, 0.3) is 0 Å². The number of hydrogen-bond donors (Lipinski definition) is 1. The topological polar surface area (TPSA) is 83.1 Å². The van der Waals surface area contributed by atoms with Crippen molar-refractivity contribution in [3.05, 3.63) is 75.0 Å². The molecule has 3 aromatic rings. The monoisotopic (exact) mass is 461 g/mol. The summed E-state index contributed by atoms with van der Waals surface area (Å²) in [7, 11) is 0. The van der Waals surface area contributed by atoms with Crippen LogP contribution in [-0.2, 0) is 9.59 Å². The number of H-pyrrole nitrogens is 1. The Bertz CT molecular complexity index is 1300. The van der Waals surface area contributed by atoms with Crippen LogP contribution in [0.2, 0.25) is 0 Å². The van der Waals surface area contributed by atoms with E-state index in [4.69, 9.17) is 0 Å². The zero-order valence-corrected chi connectivity index (χ0v) is 18.5. The summed E-state index contributed by atoms with van der Waals surface area (Å²) < 4.78 is 0. The molecule has 2 aliphatic heterocycles. The Labute approximate surface area is 192 Å². The number of thiazole rings is 1. The fourth-order valence-electron chi connectivity index (χ4n) is 6.78. The predicted molar refractivity (Wildman–Crippen MR) is 122 cm³/mol. The van der Waals surface area contributed by atoms with Crippen molar-refractivity contribution in [2.45, 2.75) is 22.6 Å². The number of hydrogen-bond acceptors (Lipinski definition) is 6. The quantitative estimate of drug-likeness (QED) is 0.591. The molecule has 0 radical (unpaired) electrons. The third-order valence-electron chi connectivity index (χ3n) is 7.78. The molecule has 2 bridgehead atoms. The zero-order valence-electron chi connectivity index (χ0n) is 16.9. The number of aromatic nitrogens is 2. The summed E-state index contributed by atoms with van der Waals surface area (Å²) in [6.07, 6.45) is 4.54. The molecule has 2 aromatic heterocycles. The lowest BCUT2D eigenvalue weighted by Gasteiger charge is -2.42. The van der Waals surface area contributed by atoms with Crippen LogP contribution >= 0.6 is 23.1 Å². The van der Waals surface area contributed by atoms with Gasteiger partial charge in [0.15, 0.2) is 0 Å². The SMILES string of the molecule is O=C1[C@@H]2[C@H]3C[C@@H]([C@@H]2C(=O)N1c1ccccc1)[C@@H]1[C@@H](c2cccnc2)c2sc(=O)[nH]c2S[C@@H]31. The number of amides is 2. The number of aromatic amines is 1. The highest BCUT2D eigenvalue weighted by Crippen LogP contribution is 2.68. The number of pyridine rings is 1. The van der Waals surface area contributed by atoms with Gasteiger partial charge in [0.05, 0.1) is 22.5 Å². The van der Waals surface area contributed by atoms with E-state index in [9.17, 15) is 14.4 Å². The Hall–Kier alpha value is -2.71. The summed E-state index contributed by atoms with van der Waals surface area (Å²) in [6.45, 7) is 0. The first-order valence-electron chi connectivity index (χ1n) is 10.9. The second-order valence-electron chi connectivity index (χ2n) is 9.09. The molecule has 7 atom stereocenters. The second kappa shape index (κ2) is 6.65. The van der Waals surface area contributed by atoms with Gasteiger partial charge in [-0.1, -0.05) is 35.6 Å². The van der Waals surface area contributed by atoms with Crippen molar-refractivity contribution in [1.82, 2.24) is 9.97 Å². The van der Waals surface area contributed by atoms with Crippen LogP contribution in [0, 0.1) is 29.6 Å². The molecule has 7 rings (SSSR count). The van der Waals surface area contributed by atoms with Crippen LogP contribution in [0.1, 0.15) is 22.8 Å². The number of carbonyl (C=O) groups is 2.